The van der Waals surface area contributed by atoms with Crippen LogP contribution in [0.25, 0.3) is 0 Å². The van der Waals surface area contributed by atoms with E-state index in [0.717, 1.165) is 4.88 Å². The highest BCUT2D eigenvalue weighted by atomic mass is 32.1. The van der Waals surface area contributed by atoms with Crippen molar-refractivity contribution in [1.29, 1.82) is 0 Å². The van der Waals surface area contributed by atoms with Gasteiger partial charge in [-0.05, 0) is 12.0 Å². The molecule has 1 rings (SSSR count). The zero-order valence-electron chi connectivity index (χ0n) is 7.57. The number of thiophene rings is 1. The molecule has 2 N–H and O–H groups in total. The van der Waals surface area contributed by atoms with E-state index in [2.05, 4.69) is 0 Å². The molecule has 1 heterocycles. The third-order valence-corrected chi connectivity index (χ3v) is 3.11. The van der Waals surface area contributed by atoms with Gasteiger partial charge in [0.2, 0.25) is 0 Å². The highest BCUT2D eigenvalue weighted by molar-refractivity contribution is 7.12. The molecule has 0 radical (unpaired) electrons. The highest BCUT2D eigenvalue weighted by Crippen LogP contribution is 2.33. The molecule has 0 aromatic carbocycles. The smallest absolute Gasteiger partial charge is 0.308 e. The van der Waals surface area contributed by atoms with Crippen LogP contribution in [0.3, 0.4) is 0 Å². The molecule has 0 atom stereocenters. The van der Waals surface area contributed by atoms with Crippen LogP contribution in [0.4, 0.5) is 0 Å². The molecule has 0 saturated heterocycles. The maximum atomic E-state index is 10.4. The monoisotopic (exact) mass is 200 g/mol. The Morgan fingerprint density at radius 1 is 1.62 bits per heavy atom. The van der Waals surface area contributed by atoms with Crippen LogP contribution in [0, 0.1) is 0 Å². The van der Waals surface area contributed by atoms with E-state index in [1.807, 2.05) is 13.8 Å². The minimum Gasteiger partial charge on any atom is -0.507 e. The van der Waals surface area contributed by atoms with Crippen molar-refractivity contribution in [2.75, 3.05) is 0 Å². The third kappa shape index (κ3) is 2.45. The fraction of sp³-hybridized carbons (Fsp3) is 0.444. The van der Waals surface area contributed by atoms with Crippen LogP contribution in [0.15, 0.2) is 6.07 Å². The summed E-state index contributed by atoms with van der Waals surface area (Å²) in [6.07, 6.45) is -0.0940. The number of aliphatic carboxylic acids is 1. The third-order valence-electron chi connectivity index (χ3n) is 1.69. The number of aromatic hydroxyl groups is 1. The molecule has 1 aromatic heterocycles. The molecule has 3 nitrogen and oxygen atoms in total. The minimum atomic E-state index is -0.910. The summed E-state index contributed by atoms with van der Waals surface area (Å²) in [6.45, 7) is 4.02. The van der Waals surface area contributed by atoms with Crippen molar-refractivity contribution in [3.63, 3.8) is 0 Å². The van der Waals surface area contributed by atoms with Gasteiger partial charge < -0.3 is 10.2 Å². The van der Waals surface area contributed by atoms with Crippen LogP contribution in [-0.2, 0) is 11.2 Å². The average molecular weight is 200 g/mol. The molecular weight excluding hydrogens is 188 g/mol. The summed E-state index contributed by atoms with van der Waals surface area (Å²) >= 11 is 1.37. The van der Waals surface area contributed by atoms with E-state index >= 15 is 0 Å². The Bertz CT molecular complexity index is 315. The fourth-order valence-electron chi connectivity index (χ4n) is 0.988. The second-order valence-electron chi connectivity index (χ2n) is 3.18. The van der Waals surface area contributed by atoms with Gasteiger partial charge in [-0.15, -0.1) is 11.3 Å². The van der Waals surface area contributed by atoms with Crippen molar-refractivity contribution in [3.05, 3.63) is 15.8 Å². The molecular formula is C9H12O3S. The molecule has 0 amide bonds. The first-order valence-electron chi connectivity index (χ1n) is 4.04. The molecule has 0 aliphatic carbocycles. The predicted molar refractivity (Wildman–Crippen MR) is 51.4 cm³/mol. The van der Waals surface area contributed by atoms with E-state index in [0.29, 0.717) is 10.8 Å². The number of carboxylic acids is 1. The van der Waals surface area contributed by atoms with E-state index in [1.165, 1.54) is 11.3 Å². The second-order valence-corrected chi connectivity index (χ2v) is 4.35. The van der Waals surface area contributed by atoms with Gasteiger partial charge in [0.05, 0.1) is 11.3 Å². The Kier molecular flexibility index (Phi) is 2.93. The number of hydrogen-bond donors (Lipinski definition) is 2. The fourth-order valence-corrected chi connectivity index (χ4v) is 2.04. The van der Waals surface area contributed by atoms with Crippen LogP contribution in [0.2, 0.25) is 0 Å². The molecule has 4 heteroatoms. The summed E-state index contributed by atoms with van der Waals surface area (Å²) in [7, 11) is 0. The van der Waals surface area contributed by atoms with Crippen molar-refractivity contribution in [2.45, 2.75) is 26.2 Å². The van der Waals surface area contributed by atoms with E-state index in [4.69, 9.17) is 5.11 Å². The summed E-state index contributed by atoms with van der Waals surface area (Å²) in [5.41, 5.74) is 0. The topological polar surface area (TPSA) is 57.5 Å². The Balaban J connectivity index is 2.89. The van der Waals surface area contributed by atoms with Crippen molar-refractivity contribution in [3.8, 4) is 5.75 Å². The van der Waals surface area contributed by atoms with Gasteiger partial charge in [-0.25, -0.2) is 0 Å². The molecule has 13 heavy (non-hydrogen) atoms. The van der Waals surface area contributed by atoms with E-state index in [9.17, 15) is 9.90 Å². The van der Waals surface area contributed by atoms with Crippen molar-refractivity contribution < 1.29 is 15.0 Å². The molecule has 72 valence electrons. The Hall–Kier alpha value is -1.03. The lowest BCUT2D eigenvalue weighted by Gasteiger charge is -1.96. The number of hydrogen-bond acceptors (Lipinski definition) is 3. The van der Waals surface area contributed by atoms with E-state index in [-0.39, 0.29) is 12.2 Å². The quantitative estimate of drug-likeness (QED) is 0.786. The van der Waals surface area contributed by atoms with Crippen LogP contribution < -0.4 is 0 Å². The summed E-state index contributed by atoms with van der Waals surface area (Å²) in [6, 6.07) is 1.65. The molecule has 0 spiro atoms. The van der Waals surface area contributed by atoms with Gasteiger partial charge in [0.1, 0.15) is 5.75 Å². The molecule has 0 aliphatic rings. The normalized spacial score (nSPS) is 10.7. The Morgan fingerprint density at radius 2 is 2.23 bits per heavy atom. The Labute approximate surface area is 80.6 Å². The largest absolute Gasteiger partial charge is 0.507 e. The maximum absolute atomic E-state index is 10.4. The SMILES string of the molecule is CC(C)c1cc(O)c(CC(=O)O)s1. The highest BCUT2D eigenvalue weighted by Gasteiger charge is 2.12. The first kappa shape index (κ1) is 10.1. The van der Waals surface area contributed by atoms with Crippen LogP contribution in [0.5, 0.6) is 5.75 Å². The number of carbonyl (C=O) groups is 1. The van der Waals surface area contributed by atoms with Gasteiger partial charge in [-0.1, -0.05) is 13.8 Å². The van der Waals surface area contributed by atoms with Crippen molar-refractivity contribution in [2.24, 2.45) is 0 Å². The standard InChI is InChI=1S/C9H12O3S/c1-5(2)7-3-6(10)8(13-7)4-9(11)12/h3,5,10H,4H2,1-2H3,(H,11,12). The van der Waals surface area contributed by atoms with Crippen molar-refractivity contribution >= 4 is 17.3 Å². The van der Waals surface area contributed by atoms with Crippen LogP contribution in [0.1, 0.15) is 29.5 Å². The van der Waals surface area contributed by atoms with Gasteiger partial charge >= 0.3 is 5.97 Å². The van der Waals surface area contributed by atoms with Gasteiger partial charge in [0.15, 0.2) is 0 Å². The lowest BCUT2D eigenvalue weighted by atomic mass is 10.2. The molecule has 1 aromatic rings. The van der Waals surface area contributed by atoms with Crippen molar-refractivity contribution in [1.82, 2.24) is 0 Å². The average Bonchev–Trinajstić information content (AvgIpc) is 2.31. The van der Waals surface area contributed by atoms with Crippen LogP contribution >= 0.6 is 11.3 Å². The Morgan fingerprint density at radius 3 is 2.62 bits per heavy atom. The molecule has 0 saturated carbocycles. The number of carboxylic acid groups (broad SMARTS) is 1. The van der Waals surface area contributed by atoms with Gasteiger partial charge in [-0.2, -0.15) is 0 Å². The molecule has 0 aliphatic heterocycles. The minimum absolute atomic E-state index is 0.0940. The van der Waals surface area contributed by atoms with E-state index < -0.39 is 5.97 Å². The van der Waals surface area contributed by atoms with Gasteiger partial charge in [0, 0.05) is 4.88 Å². The lowest BCUT2D eigenvalue weighted by Crippen LogP contribution is -1.97. The summed E-state index contributed by atoms with van der Waals surface area (Å²) in [4.78, 5) is 12.0. The molecule has 0 fully saturated rings. The lowest BCUT2D eigenvalue weighted by molar-refractivity contribution is -0.136. The first-order valence-corrected chi connectivity index (χ1v) is 4.85. The van der Waals surface area contributed by atoms with E-state index in [1.54, 1.807) is 6.07 Å². The maximum Gasteiger partial charge on any atom is 0.308 e. The molecule has 0 unspecified atom stereocenters. The van der Waals surface area contributed by atoms with Crippen LogP contribution in [-0.4, -0.2) is 16.2 Å². The van der Waals surface area contributed by atoms with Gasteiger partial charge in [-0.3, -0.25) is 4.79 Å². The second kappa shape index (κ2) is 3.79. The predicted octanol–water partition coefficient (Wildman–Crippen LogP) is 2.20. The number of rotatable bonds is 3. The summed E-state index contributed by atoms with van der Waals surface area (Å²) < 4.78 is 0. The molecule has 0 bridgehead atoms. The zero-order chi connectivity index (χ0) is 10.0. The summed E-state index contributed by atoms with van der Waals surface area (Å²) in [5.74, 6) is -0.470. The van der Waals surface area contributed by atoms with Gasteiger partial charge in [0.25, 0.3) is 0 Å². The summed E-state index contributed by atoms with van der Waals surface area (Å²) in [5, 5.41) is 17.9. The first-order chi connectivity index (χ1) is 6.00. The zero-order valence-corrected chi connectivity index (χ0v) is 8.39.